The van der Waals surface area contributed by atoms with Gasteiger partial charge in [-0.1, -0.05) is 13.8 Å². The van der Waals surface area contributed by atoms with Crippen molar-refractivity contribution in [3.8, 4) is 0 Å². The van der Waals surface area contributed by atoms with E-state index in [1.807, 2.05) is 6.92 Å². The zero-order chi connectivity index (χ0) is 13.7. The lowest BCUT2D eigenvalue weighted by Crippen LogP contribution is -2.31. The van der Waals surface area contributed by atoms with Crippen LogP contribution in [0.1, 0.15) is 37.0 Å². The number of ether oxygens (including phenoxy) is 1. The highest BCUT2D eigenvalue weighted by molar-refractivity contribution is 6.06. The number of Topliss-reactive ketones (excluding diaryl/α,β-unsaturated/α-hetero) is 1. The maximum Gasteiger partial charge on any atom is 0.317 e. The minimum Gasteiger partial charge on any atom is -0.465 e. The Balaban J connectivity index is 2.96. The van der Waals surface area contributed by atoms with Crippen molar-refractivity contribution in [1.29, 1.82) is 0 Å². The highest BCUT2D eigenvalue weighted by Gasteiger charge is 2.33. The minimum atomic E-state index is -0.840. The van der Waals surface area contributed by atoms with Gasteiger partial charge in [0.1, 0.15) is 5.92 Å². The summed E-state index contributed by atoms with van der Waals surface area (Å²) in [6, 6.07) is 0. The molecule has 0 saturated heterocycles. The second-order valence-corrected chi connectivity index (χ2v) is 4.42. The van der Waals surface area contributed by atoms with Crippen molar-refractivity contribution in [3.63, 3.8) is 0 Å². The van der Waals surface area contributed by atoms with Crippen LogP contribution < -0.4 is 0 Å². The molecule has 0 radical (unpaired) electrons. The van der Waals surface area contributed by atoms with Crippen molar-refractivity contribution in [3.05, 3.63) is 23.8 Å². The van der Waals surface area contributed by atoms with Crippen molar-refractivity contribution >= 4 is 11.8 Å². The fourth-order valence-corrected chi connectivity index (χ4v) is 1.57. The second kappa shape index (κ2) is 6.23. The number of esters is 1. The molecule has 0 amide bonds. The van der Waals surface area contributed by atoms with E-state index in [0.29, 0.717) is 0 Å². The maximum atomic E-state index is 12.2. The summed E-state index contributed by atoms with van der Waals surface area (Å²) in [6.45, 7) is 7.40. The molecule has 0 fully saturated rings. The number of rotatable bonds is 5. The molecule has 0 aliphatic rings. The molecular weight excluding hydrogens is 232 g/mol. The fourth-order valence-electron chi connectivity index (χ4n) is 1.57. The molecule has 1 atom stereocenters. The summed E-state index contributed by atoms with van der Waals surface area (Å²) >= 11 is 0. The summed E-state index contributed by atoms with van der Waals surface area (Å²) in [5, 5.41) is 0. The number of carbonyl (C=O) groups excluding carboxylic acids is 2. The first-order valence-electron chi connectivity index (χ1n) is 5.96. The van der Waals surface area contributed by atoms with E-state index in [1.165, 1.54) is 0 Å². The molecule has 0 aliphatic carbocycles. The Hall–Kier alpha value is -1.78. The van der Waals surface area contributed by atoms with Crippen molar-refractivity contribution in [2.45, 2.75) is 27.7 Å². The Kier molecular flexibility index (Phi) is 4.95. The number of ketones is 1. The van der Waals surface area contributed by atoms with E-state index in [1.54, 1.807) is 33.2 Å². The molecule has 1 aromatic heterocycles. The molecule has 0 aliphatic heterocycles. The van der Waals surface area contributed by atoms with Crippen molar-refractivity contribution < 1.29 is 14.3 Å². The molecule has 5 nitrogen and oxygen atoms in total. The Morgan fingerprint density at radius 3 is 2.28 bits per heavy atom. The smallest absolute Gasteiger partial charge is 0.317 e. The first-order chi connectivity index (χ1) is 8.47. The number of aromatic nitrogens is 2. The lowest BCUT2D eigenvalue weighted by atomic mass is 9.91. The Bertz CT molecular complexity index is 426. The SMILES string of the molecule is CCOC(=O)C(C(=O)c1ncc(C)cn1)C(C)C. The van der Waals surface area contributed by atoms with Crippen LogP contribution in [0, 0.1) is 18.8 Å². The van der Waals surface area contributed by atoms with E-state index in [9.17, 15) is 9.59 Å². The number of hydrogen-bond acceptors (Lipinski definition) is 5. The van der Waals surface area contributed by atoms with Gasteiger partial charge in [0, 0.05) is 12.4 Å². The molecule has 0 spiro atoms. The van der Waals surface area contributed by atoms with Gasteiger partial charge in [0.05, 0.1) is 6.61 Å². The van der Waals surface area contributed by atoms with E-state index in [2.05, 4.69) is 9.97 Å². The molecule has 1 aromatic rings. The van der Waals surface area contributed by atoms with Crippen LogP contribution in [0.3, 0.4) is 0 Å². The predicted molar refractivity (Wildman–Crippen MR) is 66.1 cm³/mol. The van der Waals surface area contributed by atoms with Gasteiger partial charge in [-0.15, -0.1) is 0 Å². The third-order valence-electron chi connectivity index (χ3n) is 2.49. The van der Waals surface area contributed by atoms with Gasteiger partial charge < -0.3 is 4.74 Å². The monoisotopic (exact) mass is 250 g/mol. The van der Waals surface area contributed by atoms with Crippen LogP contribution in [0.25, 0.3) is 0 Å². The van der Waals surface area contributed by atoms with Crippen LogP contribution >= 0.6 is 0 Å². The molecule has 0 saturated carbocycles. The topological polar surface area (TPSA) is 69.2 Å². The van der Waals surface area contributed by atoms with Crippen molar-refractivity contribution in [2.75, 3.05) is 6.61 Å². The average Bonchev–Trinajstić information content (AvgIpc) is 2.29. The molecule has 0 aromatic carbocycles. The lowest BCUT2D eigenvalue weighted by Gasteiger charge is -2.16. The Labute approximate surface area is 107 Å². The van der Waals surface area contributed by atoms with Gasteiger partial charge in [0.15, 0.2) is 5.82 Å². The molecule has 0 bridgehead atoms. The first-order valence-corrected chi connectivity index (χ1v) is 5.96. The molecule has 98 valence electrons. The van der Waals surface area contributed by atoms with Gasteiger partial charge in [-0.3, -0.25) is 9.59 Å². The van der Waals surface area contributed by atoms with E-state index >= 15 is 0 Å². The van der Waals surface area contributed by atoms with Gasteiger partial charge in [-0.05, 0) is 25.3 Å². The standard InChI is InChI=1S/C13H18N2O3/c1-5-18-13(17)10(8(2)3)11(16)12-14-6-9(4)7-15-12/h6-8,10H,5H2,1-4H3. The van der Waals surface area contributed by atoms with E-state index in [4.69, 9.17) is 4.74 Å². The first kappa shape index (κ1) is 14.3. The van der Waals surface area contributed by atoms with E-state index in [-0.39, 0.29) is 24.1 Å². The van der Waals surface area contributed by atoms with Crippen LogP contribution in [0.2, 0.25) is 0 Å². The van der Waals surface area contributed by atoms with Crippen LogP contribution in [0.15, 0.2) is 12.4 Å². The third kappa shape index (κ3) is 3.35. The van der Waals surface area contributed by atoms with Gasteiger partial charge in [-0.2, -0.15) is 0 Å². The fraction of sp³-hybridized carbons (Fsp3) is 0.538. The van der Waals surface area contributed by atoms with E-state index < -0.39 is 11.9 Å². The van der Waals surface area contributed by atoms with Crippen molar-refractivity contribution in [1.82, 2.24) is 9.97 Å². The zero-order valence-corrected chi connectivity index (χ0v) is 11.1. The number of nitrogens with zero attached hydrogens (tertiary/aromatic N) is 2. The number of hydrogen-bond donors (Lipinski definition) is 0. The normalized spacial score (nSPS) is 12.3. The van der Waals surface area contributed by atoms with Crippen LogP contribution in [0.4, 0.5) is 0 Å². The summed E-state index contributed by atoms with van der Waals surface area (Å²) in [5.74, 6) is -1.83. The third-order valence-corrected chi connectivity index (χ3v) is 2.49. The van der Waals surface area contributed by atoms with Crippen LogP contribution in [0.5, 0.6) is 0 Å². The predicted octanol–water partition coefficient (Wildman–Crippen LogP) is 1.80. The van der Waals surface area contributed by atoms with E-state index in [0.717, 1.165) is 5.56 Å². The molecule has 18 heavy (non-hydrogen) atoms. The molecular formula is C13H18N2O3. The highest BCUT2D eigenvalue weighted by Crippen LogP contribution is 2.17. The summed E-state index contributed by atoms with van der Waals surface area (Å²) in [5.41, 5.74) is 0.865. The van der Waals surface area contributed by atoms with Crippen LogP contribution in [-0.2, 0) is 9.53 Å². The Morgan fingerprint density at radius 2 is 1.83 bits per heavy atom. The quantitative estimate of drug-likeness (QED) is 0.453. The highest BCUT2D eigenvalue weighted by atomic mass is 16.5. The zero-order valence-electron chi connectivity index (χ0n) is 11.1. The second-order valence-electron chi connectivity index (χ2n) is 4.42. The summed E-state index contributed by atoms with van der Waals surface area (Å²) in [4.78, 5) is 31.9. The molecule has 5 heteroatoms. The van der Waals surface area contributed by atoms with Gasteiger partial charge in [-0.25, -0.2) is 9.97 Å². The largest absolute Gasteiger partial charge is 0.465 e. The lowest BCUT2D eigenvalue weighted by molar-refractivity contribution is -0.147. The maximum absolute atomic E-state index is 12.2. The van der Waals surface area contributed by atoms with Crippen molar-refractivity contribution in [2.24, 2.45) is 11.8 Å². The average molecular weight is 250 g/mol. The minimum absolute atomic E-state index is 0.0624. The Morgan fingerprint density at radius 1 is 1.28 bits per heavy atom. The molecule has 1 heterocycles. The van der Waals surface area contributed by atoms with Gasteiger partial charge in [0.25, 0.3) is 0 Å². The van der Waals surface area contributed by atoms with Gasteiger partial charge in [0.2, 0.25) is 5.78 Å². The number of aryl methyl sites for hydroxylation is 1. The molecule has 0 N–H and O–H groups in total. The summed E-state index contributed by atoms with van der Waals surface area (Å²) in [6.07, 6.45) is 3.12. The molecule has 1 rings (SSSR count). The molecule has 1 unspecified atom stereocenters. The van der Waals surface area contributed by atoms with Crippen LogP contribution in [-0.4, -0.2) is 28.3 Å². The number of carbonyl (C=O) groups is 2. The summed E-state index contributed by atoms with van der Waals surface area (Å²) < 4.78 is 4.92. The summed E-state index contributed by atoms with van der Waals surface area (Å²) in [7, 11) is 0. The van der Waals surface area contributed by atoms with Gasteiger partial charge >= 0.3 is 5.97 Å².